The van der Waals surface area contributed by atoms with Gasteiger partial charge in [0, 0.05) is 43.9 Å². The third-order valence-electron chi connectivity index (χ3n) is 6.27. The molecular formula is C31H17Cl2F5O. The first kappa shape index (κ1) is 26.7. The molecule has 8 heteroatoms. The van der Waals surface area contributed by atoms with E-state index in [0.717, 1.165) is 18.2 Å². The van der Waals surface area contributed by atoms with Gasteiger partial charge in [0.25, 0.3) is 0 Å². The van der Waals surface area contributed by atoms with Crippen molar-refractivity contribution in [3.8, 4) is 50.3 Å². The van der Waals surface area contributed by atoms with Crippen LogP contribution in [0.5, 0.6) is 5.75 Å². The first-order chi connectivity index (χ1) is 18.7. The number of methoxy groups -OCH3 is 1. The monoisotopic (exact) mass is 570 g/mol. The van der Waals surface area contributed by atoms with Crippen molar-refractivity contribution in [3.63, 3.8) is 0 Å². The van der Waals surface area contributed by atoms with Crippen LogP contribution in [0.1, 0.15) is 0 Å². The third-order valence-corrected chi connectivity index (χ3v) is 6.76. The lowest BCUT2D eigenvalue weighted by molar-refractivity contribution is 0.386. The summed E-state index contributed by atoms with van der Waals surface area (Å²) < 4.78 is 81.2. The van der Waals surface area contributed by atoms with Crippen molar-refractivity contribution in [3.05, 3.63) is 124 Å². The number of hydrogen-bond acceptors (Lipinski definition) is 1. The summed E-state index contributed by atoms with van der Waals surface area (Å²) in [7, 11) is 1.22. The Morgan fingerprint density at radius 3 is 1.82 bits per heavy atom. The lowest BCUT2D eigenvalue weighted by Gasteiger charge is -2.23. The molecule has 5 aromatic carbocycles. The van der Waals surface area contributed by atoms with E-state index in [0.29, 0.717) is 16.7 Å². The van der Waals surface area contributed by atoms with E-state index >= 15 is 13.2 Å². The lowest BCUT2D eigenvalue weighted by atomic mass is 9.82. The van der Waals surface area contributed by atoms with Crippen molar-refractivity contribution in [2.24, 2.45) is 0 Å². The van der Waals surface area contributed by atoms with Gasteiger partial charge >= 0.3 is 0 Å². The summed E-state index contributed by atoms with van der Waals surface area (Å²) >= 11 is 12.3. The maximum absolute atomic E-state index is 16.2. The summed E-state index contributed by atoms with van der Waals surface area (Å²) in [6.45, 7) is 0. The predicted octanol–water partition coefficient (Wildman–Crippen LogP) is 10.4. The Labute approximate surface area is 231 Å². The molecule has 0 aliphatic carbocycles. The van der Waals surface area contributed by atoms with E-state index in [9.17, 15) is 8.78 Å². The zero-order valence-electron chi connectivity index (χ0n) is 20.1. The zero-order valence-corrected chi connectivity index (χ0v) is 21.6. The van der Waals surface area contributed by atoms with E-state index < -0.39 is 29.1 Å². The average molecular weight is 571 g/mol. The molecule has 5 aromatic rings. The summed E-state index contributed by atoms with van der Waals surface area (Å²) in [5.41, 5.74) is -0.187. The summed E-state index contributed by atoms with van der Waals surface area (Å²) in [6.07, 6.45) is 0. The summed E-state index contributed by atoms with van der Waals surface area (Å²) in [5, 5.41) is 0.651. The van der Waals surface area contributed by atoms with Gasteiger partial charge in [-0.05, 0) is 65.2 Å². The molecule has 0 saturated carbocycles. The summed E-state index contributed by atoms with van der Waals surface area (Å²) in [4.78, 5) is 0. The number of ether oxygens (including phenoxy) is 1. The smallest absolute Gasteiger partial charge is 0.167 e. The fourth-order valence-electron chi connectivity index (χ4n) is 4.56. The Bertz CT molecular complexity index is 1720. The van der Waals surface area contributed by atoms with E-state index in [-0.39, 0.29) is 49.7 Å². The zero-order chi connectivity index (χ0) is 27.8. The summed E-state index contributed by atoms with van der Waals surface area (Å²) in [6, 6.07) is 18.6. The highest BCUT2D eigenvalue weighted by molar-refractivity contribution is 6.31. The van der Waals surface area contributed by atoms with Gasteiger partial charge in [0.1, 0.15) is 11.6 Å². The van der Waals surface area contributed by atoms with Crippen LogP contribution in [0.15, 0.2) is 84.9 Å². The van der Waals surface area contributed by atoms with Crippen LogP contribution in [-0.4, -0.2) is 7.11 Å². The average Bonchev–Trinajstić information content (AvgIpc) is 2.91. The molecule has 0 N–H and O–H groups in total. The normalized spacial score (nSPS) is 11.1. The number of benzene rings is 5. The minimum atomic E-state index is -1.32. The molecule has 0 aliphatic heterocycles. The van der Waals surface area contributed by atoms with Crippen LogP contribution in [0.2, 0.25) is 10.0 Å². The lowest BCUT2D eigenvalue weighted by Crippen LogP contribution is -2.04. The predicted molar refractivity (Wildman–Crippen MR) is 145 cm³/mol. The van der Waals surface area contributed by atoms with Gasteiger partial charge in [-0.15, -0.1) is 0 Å². The fourth-order valence-corrected chi connectivity index (χ4v) is 4.87. The molecule has 0 aromatic heterocycles. The van der Waals surface area contributed by atoms with Gasteiger partial charge < -0.3 is 4.74 Å². The molecule has 39 heavy (non-hydrogen) atoms. The second-order valence-electron chi connectivity index (χ2n) is 8.62. The largest absolute Gasteiger partial charge is 0.494 e. The minimum Gasteiger partial charge on any atom is -0.494 e. The molecule has 0 atom stereocenters. The quantitative estimate of drug-likeness (QED) is 0.191. The van der Waals surface area contributed by atoms with Crippen LogP contribution in [-0.2, 0) is 0 Å². The van der Waals surface area contributed by atoms with Gasteiger partial charge in [0.05, 0.1) is 7.11 Å². The molecule has 0 fully saturated rings. The van der Waals surface area contributed by atoms with E-state index in [1.165, 1.54) is 49.6 Å². The molecule has 0 unspecified atom stereocenters. The van der Waals surface area contributed by atoms with Crippen LogP contribution in [0.4, 0.5) is 22.0 Å². The Balaban J connectivity index is 2.03. The van der Waals surface area contributed by atoms with Gasteiger partial charge in [-0.2, -0.15) is 0 Å². The third kappa shape index (κ3) is 4.98. The fraction of sp³-hybridized carbons (Fsp3) is 0.0323. The second kappa shape index (κ2) is 10.7. The van der Waals surface area contributed by atoms with Gasteiger partial charge in [-0.1, -0.05) is 53.5 Å². The van der Waals surface area contributed by atoms with Crippen LogP contribution in [0, 0.1) is 29.1 Å². The van der Waals surface area contributed by atoms with E-state index in [1.807, 2.05) is 0 Å². The van der Waals surface area contributed by atoms with Crippen molar-refractivity contribution < 1.29 is 26.7 Å². The van der Waals surface area contributed by atoms with Crippen LogP contribution in [0.3, 0.4) is 0 Å². The molecular weight excluding hydrogens is 554 g/mol. The number of hydrogen-bond donors (Lipinski definition) is 0. The van der Waals surface area contributed by atoms with Crippen molar-refractivity contribution in [2.75, 3.05) is 7.11 Å². The molecule has 0 radical (unpaired) electrons. The van der Waals surface area contributed by atoms with Crippen molar-refractivity contribution in [1.82, 2.24) is 0 Å². The van der Waals surface area contributed by atoms with E-state index in [4.69, 9.17) is 27.9 Å². The maximum Gasteiger partial charge on any atom is 0.167 e. The van der Waals surface area contributed by atoms with Crippen LogP contribution < -0.4 is 4.74 Å². The van der Waals surface area contributed by atoms with E-state index in [1.54, 1.807) is 18.2 Å². The Morgan fingerprint density at radius 1 is 0.538 bits per heavy atom. The van der Waals surface area contributed by atoms with Gasteiger partial charge in [-0.25, -0.2) is 22.0 Å². The molecule has 0 amide bonds. The molecule has 0 aliphatic rings. The van der Waals surface area contributed by atoms with Crippen LogP contribution >= 0.6 is 23.2 Å². The maximum atomic E-state index is 16.2. The first-order valence-corrected chi connectivity index (χ1v) is 12.3. The molecule has 0 bridgehead atoms. The standard InChI is InChI=1S/C31H17Cl2F5O/c1-39-25-14-18(7-12-23(25)35)28-29(22-11-10-21(34)15-24(22)36)26(17-3-2-4-20(33)13-17)27(30(37)31(28)38)16-5-8-19(32)9-6-16/h2-15H,1H3. The molecule has 0 heterocycles. The molecule has 0 saturated heterocycles. The highest BCUT2D eigenvalue weighted by Gasteiger charge is 2.30. The van der Waals surface area contributed by atoms with Gasteiger partial charge in [0.2, 0.25) is 0 Å². The Kier molecular flexibility index (Phi) is 7.34. The van der Waals surface area contributed by atoms with Crippen molar-refractivity contribution in [1.29, 1.82) is 0 Å². The highest BCUT2D eigenvalue weighted by atomic mass is 35.5. The van der Waals surface area contributed by atoms with Crippen molar-refractivity contribution >= 4 is 23.2 Å². The van der Waals surface area contributed by atoms with Crippen LogP contribution in [0.25, 0.3) is 44.5 Å². The number of halogens is 7. The van der Waals surface area contributed by atoms with Gasteiger partial charge in [-0.3, -0.25) is 0 Å². The van der Waals surface area contributed by atoms with Crippen molar-refractivity contribution in [2.45, 2.75) is 0 Å². The molecule has 1 nitrogen and oxygen atoms in total. The topological polar surface area (TPSA) is 9.23 Å². The SMILES string of the molecule is COc1cc(-c2c(F)c(F)c(-c3ccc(Cl)cc3)c(-c3cccc(Cl)c3)c2-c2ccc(F)cc2F)ccc1F. The minimum absolute atomic E-state index is 0.00862. The molecule has 5 rings (SSSR count). The summed E-state index contributed by atoms with van der Waals surface area (Å²) in [5.74, 6) is -5.39. The van der Waals surface area contributed by atoms with E-state index in [2.05, 4.69) is 0 Å². The highest BCUT2D eigenvalue weighted by Crippen LogP contribution is 2.50. The first-order valence-electron chi connectivity index (χ1n) is 11.6. The Hall–Kier alpha value is -3.87. The second-order valence-corrected chi connectivity index (χ2v) is 9.49. The van der Waals surface area contributed by atoms with Gasteiger partial charge in [0.15, 0.2) is 23.2 Å². The molecule has 196 valence electrons. The Morgan fingerprint density at radius 2 is 1.18 bits per heavy atom. The molecule has 0 spiro atoms. The number of rotatable bonds is 5.